The van der Waals surface area contributed by atoms with Gasteiger partial charge in [0.05, 0.1) is 11.0 Å². The number of nitrogens with zero attached hydrogens (tertiary/aromatic N) is 1. The second-order valence-electron chi connectivity index (χ2n) is 6.43. The lowest BCUT2D eigenvalue weighted by Gasteiger charge is -2.08. The van der Waals surface area contributed by atoms with Crippen molar-refractivity contribution >= 4 is 37.7 Å². The minimum Gasteiger partial charge on any atom is -0.309 e. The van der Waals surface area contributed by atoms with Crippen LogP contribution in [0.3, 0.4) is 0 Å². The van der Waals surface area contributed by atoms with Gasteiger partial charge in [-0.2, -0.15) is 0 Å². The van der Waals surface area contributed by atoms with Gasteiger partial charge in [-0.3, -0.25) is 0 Å². The fourth-order valence-electron chi connectivity index (χ4n) is 3.65. The van der Waals surface area contributed by atoms with Gasteiger partial charge < -0.3 is 4.57 Å². The Morgan fingerprint density at radius 2 is 1.23 bits per heavy atom. The number of halogens is 1. The summed E-state index contributed by atoms with van der Waals surface area (Å²) in [6, 6.07) is 34.4. The Labute approximate surface area is 160 Å². The van der Waals surface area contributed by atoms with E-state index in [9.17, 15) is 0 Å². The van der Waals surface area contributed by atoms with Crippen molar-refractivity contribution in [2.75, 3.05) is 0 Å². The van der Waals surface area contributed by atoms with Gasteiger partial charge in [-0.25, -0.2) is 0 Å². The normalized spacial score (nSPS) is 11.3. The summed E-state index contributed by atoms with van der Waals surface area (Å²) in [6.45, 7) is 0. The minimum atomic E-state index is 1.09. The Balaban J connectivity index is 1.83. The molecule has 5 rings (SSSR count). The molecule has 0 unspecified atom stereocenters. The average molecular weight is 398 g/mol. The number of hydrogen-bond acceptors (Lipinski definition) is 0. The van der Waals surface area contributed by atoms with Crippen LogP contribution in [0, 0.1) is 0 Å². The van der Waals surface area contributed by atoms with Crippen LogP contribution in [0.2, 0.25) is 0 Å². The molecule has 0 amide bonds. The summed E-state index contributed by atoms with van der Waals surface area (Å²) in [4.78, 5) is 0. The first-order chi connectivity index (χ1) is 12.8. The smallest absolute Gasteiger partial charge is 0.0541 e. The molecule has 0 fully saturated rings. The Kier molecular flexibility index (Phi) is 3.65. The summed E-state index contributed by atoms with van der Waals surface area (Å²) in [5.41, 5.74) is 6.13. The predicted octanol–water partition coefficient (Wildman–Crippen LogP) is 7.21. The molecule has 0 atom stereocenters. The Bertz CT molecular complexity index is 1220. The molecule has 0 bridgehead atoms. The Hall–Kier alpha value is -2.84. The van der Waals surface area contributed by atoms with E-state index in [2.05, 4.69) is 118 Å². The van der Waals surface area contributed by atoms with E-state index in [1.54, 1.807) is 0 Å². The lowest BCUT2D eigenvalue weighted by Crippen LogP contribution is -1.93. The summed E-state index contributed by atoms with van der Waals surface area (Å²) in [5, 5.41) is 2.56. The maximum atomic E-state index is 3.53. The van der Waals surface area contributed by atoms with Crippen molar-refractivity contribution in [1.29, 1.82) is 0 Å². The van der Waals surface area contributed by atoms with Crippen LogP contribution in [0.15, 0.2) is 102 Å². The van der Waals surface area contributed by atoms with Crippen molar-refractivity contribution in [3.8, 4) is 16.8 Å². The van der Waals surface area contributed by atoms with E-state index in [0.717, 1.165) is 4.47 Å². The second kappa shape index (κ2) is 6.15. The third kappa shape index (κ3) is 2.46. The van der Waals surface area contributed by atoms with Crippen LogP contribution in [0.4, 0.5) is 0 Å². The molecular formula is C24H16BrN. The largest absolute Gasteiger partial charge is 0.309 e. The number of rotatable bonds is 2. The van der Waals surface area contributed by atoms with E-state index >= 15 is 0 Å². The van der Waals surface area contributed by atoms with E-state index in [-0.39, 0.29) is 0 Å². The third-order valence-electron chi connectivity index (χ3n) is 4.86. The maximum Gasteiger partial charge on any atom is 0.0541 e. The maximum absolute atomic E-state index is 3.53. The first kappa shape index (κ1) is 15.4. The van der Waals surface area contributed by atoms with Crippen LogP contribution >= 0.6 is 15.9 Å². The molecule has 0 spiro atoms. The van der Waals surface area contributed by atoms with Crippen LogP contribution in [0.1, 0.15) is 0 Å². The molecule has 4 aromatic carbocycles. The quantitative estimate of drug-likeness (QED) is 0.296. The zero-order valence-electron chi connectivity index (χ0n) is 14.1. The minimum absolute atomic E-state index is 1.09. The molecule has 5 aromatic rings. The highest BCUT2D eigenvalue weighted by molar-refractivity contribution is 9.10. The number of fused-ring (bicyclic) bond motifs is 3. The molecule has 0 saturated heterocycles. The number of benzene rings is 4. The van der Waals surface area contributed by atoms with Gasteiger partial charge >= 0.3 is 0 Å². The first-order valence-electron chi connectivity index (χ1n) is 8.66. The molecule has 26 heavy (non-hydrogen) atoms. The van der Waals surface area contributed by atoms with Crippen LogP contribution in [0.5, 0.6) is 0 Å². The predicted molar refractivity (Wildman–Crippen MR) is 114 cm³/mol. The molecule has 1 heterocycles. The molecule has 0 aliphatic heterocycles. The van der Waals surface area contributed by atoms with E-state index < -0.39 is 0 Å². The van der Waals surface area contributed by atoms with Crippen LogP contribution in [-0.2, 0) is 0 Å². The van der Waals surface area contributed by atoms with Crippen molar-refractivity contribution in [2.45, 2.75) is 0 Å². The molecule has 0 N–H and O–H groups in total. The fraction of sp³-hybridized carbons (Fsp3) is 0. The highest BCUT2D eigenvalue weighted by Crippen LogP contribution is 2.34. The molecule has 0 radical (unpaired) electrons. The summed E-state index contributed by atoms with van der Waals surface area (Å²) >= 11 is 3.53. The van der Waals surface area contributed by atoms with Gasteiger partial charge in [0.1, 0.15) is 0 Å². The van der Waals surface area contributed by atoms with Gasteiger partial charge in [-0.15, -0.1) is 0 Å². The van der Waals surface area contributed by atoms with Gasteiger partial charge in [0.25, 0.3) is 0 Å². The van der Waals surface area contributed by atoms with Crippen molar-refractivity contribution in [1.82, 2.24) is 4.57 Å². The molecule has 124 valence electrons. The highest BCUT2D eigenvalue weighted by atomic mass is 79.9. The SMILES string of the molecule is Brc1ccc(-n2c3ccccc3c3cc(-c4ccccc4)ccc32)cc1. The van der Waals surface area contributed by atoms with Gasteiger partial charge in [0.2, 0.25) is 0 Å². The second-order valence-corrected chi connectivity index (χ2v) is 7.34. The van der Waals surface area contributed by atoms with Crippen molar-refractivity contribution in [3.05, 3.63) is 102 Å². The van der Waals surface area contributed by atoms with Gasteiger partial charge in [0, 0.05) is 20.9 Å². The fourth-order valence-corrected chi connectivity index (χ4v) is 3.92. The lowest BCUT2D eigenvalue weighted by molar-refractivity contribution is 1.18. The van der Waals surface area contributed by atoms with Crippen LogP contribution < -0.4 is 0 Å². The molecule has 0 aliphatic rings. The monoisotopic (exact) mass is 397 g/mol. The highest BCUT2D eigenvalue weighted by Gasteiger charge is 2.12. The van der Waals surface area contributed by atoms with Crippen molar-refractivity contribution in [2.24, 2.45) is 0 Å². The number of para-hydroxylation sites is 1. The van der Waals surface area contributed by atoms with Crippen LogP contribution in [-0.4, -0.2) is 4.57 Å². The molecule has 1 aromatic heterocycles. The number of hydrogen-bond donors (Lipinski definition) is 0. The van der Waals surface area contributed by atoms with Crippen LogP contribution in [0.25, 0.3) is 38.6 Å². The summed E-state index contributed by atoms with van der Waals surface area (Å²) in [7, 11) is 0. The zero-order valence-corrected chi connectivity index (χ0v) is 15.6. The molecule has 0 aliphatic carbocycles. The summed E-state index contributed by atoms with van der Waals surface area (Å²) < 4.78 is 3.43. The summed E-state index contributed by atoms with van der Waals surface area (Å²) in [6.07, 6.45) is 0. The first-order valence-corrected chi connectivity index (χ1v) is 9.45. The molecule has 1 nitrogen and oxygen atoms in total. The van der Waals surface area contributed by atoms with E-state index in [4.69, 9.17) is 0 Å². The van der Waals surface area contributed by atoms with E-state index in [1.807, 2.05) is 0 Å². The van der Waals surface area contributed by atoms with E-state index in [0.29, 0.717) is 0 Å². The summed E-state index contributed by atoms with van der Waals surface area (Å²) in [5.74, 6) is 0. The van der Waals surface area contributed by atoms with Gasteiger partial charge in [0.15, 0.2) is 0 Å². The van der Waals surface area contributed by atoms with Gasteiger partial charge in [-0.1, -0.05) is 70.5 Å². The lowest BCUT2D eigenvalue weighted by atomic mass is 10.0. The van der Waals surface area contributed by atoms with Gasteiger partial charge in [-0.05, 0) is 53.6 Å². The van der Waals surface area contributed by atoms with Crippen molar-refractivity contribution in [3.63, 3.8) is 0 Å². The zero-order chi connectivity index (χ0) is 17.5. The Morgan fingerprint density at radius 1 is 0.538 bits per heavy atom. The third-order valence-corrected chi connectivity index (χ3v) is 5.39. The van der Waals surface area contributed by atoms with E-state index in [1.165, 1.54) is 38.6 Å². The average Bonchev–Trinajstić information content (AvgIpc) is 3.03. The molecular weight excluding hydrogens is 382 g/mol. The van der Waals surface area contributed by atoms with Crippen molar-refractivity contribution < 1.29 is 0 Å². The number of aromatic nitrogens is 1. The Morgan fingerprint density at radius 3 is 2.04 bits per heavy atom. The standard InChI is InChI=1S/C24H16BrN/c25-19-11-13-20(14-12-19)26-23-9-5-4-8-21(23)22-16-18(10-15-24(22)26)17-6-2-1-3-7-17/h1-16H. The topological polar surface area (TPSA) is 4.93 Å². The molecule has 0 saturated carbocycles. The molecule has 2 heteroatoms.